The number of ether oxygens (including phenoxy) is 1. The third kappa shape index (κ3) is 4.84. The standard InChI is InChI=1S/C12H14Br2N2O4/c1-20-5-4-15(3-2-13)12(17)9-6-10(14)8-11(7-9)16(18)19/h6-8H,2-5H2,1H3. The Hall–Kier alpha value is -0.990. The predicted molar refractivity (Wildman–Crippen MR) is 82.4 cm³/mol. The average Bonchev–Trinajstić information content (AvgIpc) is 2.42. The number of non-ortho nitro benzene ring substituents is 1. The number of carbonyl (C=O) groups is 1. The number of nitrogens with zero attached hydrogens (tertiary/aromatic N) is 2. The van der Waals surface area contributed by atoms with Crippen molar-refractivity contribution in [2.24, 2.45) is 0 Å². The van der Waals surface area contributed by atoms with Crippen molar-refractivity contribution < 1.29 is 14.5 Å². The average molecular weight is 410 g/mol. The lowest BCUT2D eigenvalue weighted by Crippen LogP contribution is -2.35. The third-order valence-corrected chi connectivity index (χ3v) is 3.36. The van der Waals surface area contributed by atoms with Crippen molar-refractivity contribution in [3.63, 3.8) is 0 Å². The smallest absolute Gasteiger partial charge is 0.271 e. The SMILES string of the molecule is COCCN(CCBr)C(=O)c1cc(Br)cc([N+](=O)[O-])c1. The summed E-state index contributed by atoms with van der Waals surface area (Å²) in [5, 5.41) is 11.5. The molecule has 0 atom stereocenters. The molecule has 0 bridgehead atoms. The number of amides is 1. The highest BCUT2D eigenvalue weighted by Gasteiger charge is 2.19. The highest BCUT2D eigenvalue weighted by Crippen LogP contribution is 2.22. The minimum atomic E-state index is -0.522. The number of hydrogen-bond acceptors (Lipinski definition) is 4. The summed E-state index contributed by atoms with van der Waals surface area (Å²) in [5.74, 6) is -0.258. The van der Waals surface area contributed by atoms with Crippen LogP contribution in [0, 0.1) is 10.1 Å². The van der Waals surface area contributed by atoms with Crippen LogP contribution in [0.2, 0.25) is 0 Å². The van der Waals surface area contributed by atoms with Crippen molar-refractivity contribution in [2.45, 2.75) is 0 Å². The van der Waals surface area contributed by atoms with E-state index in [2.05, 4.69) is 31.9 Å². The van der Waals surface area contributed by atoms with Gasteiger partial charge < -0.3 is 9.64 Å². The molecule has 0 fully saturated rings. The number of methoxy groups -OCH3 is 1. The van der Waals surface area contributed by atoms with E-state index in [-0.39, 0.29) is 17.2 Å². The van der Waals surface area contributed by atoms with Gasteiger partial charge in [-0.3, -0.25) is 14.9 Å². The second kappa shape index (κ2) is 8.33. The van der Waals surface area contributed by atoms with Crippen molar-refractivity contribution in [2.75, 3.05) is 32.1 Å². The summed E-state index contributed by atoms with van der Waals surface area (Å²) in [5.41, 5.74) is 0.163. The lowest BCUT2D eigenvalue weighted by molar-refractivity contribution is -0.385. The second-order valence-electron chi connectivity index (χ2n) is 3.93. The lowest BCUT2D eigenvalue weighted by atomic mass is 10.1. The highest BCUT2D eigenvalue weighted by atomic mass is 79.9. The van der Waals surface area contributed by atoms with Gasteiger partial charge in [-0.25, -0.2) is 0 Å². The second-order valence-corrected chi connectivity index (χ2v) is 5.64. The Kier molecular flexibility index (Phi) is 7.11. The molecule has 110 valence electrons. The van der Waals surface area contributed by atoms with Crippen molar-refractivity contribution in [1.82, 2.24) is 4.90 Å². The van der Waals surface area contributed by atoms with Crippen LogP contribution in [0.4, 0.5) is 5.69 Å². The Labute approximate surface area is 133 Å². The van der Waals surface area contributed by atoms with Crippen molar-refractivity contribution >= 4 is 43.5 Å². The molecule has 0 N–H and O–H groups in total. The summed E-state index contributed by atoms with van der Waals surface area (Å²) in [6, 6.07) is 4.21. The van der Waals surface area contributed by atoms with Crippen molar-refractivity contribution in [3.05, 3.63) is 38.3 Å². The molecule has 20 heavy (non-hydrogen) atoms. The number of nitro groups is 1. The molecule has 0 aromatic heterocycles. The van der Waals surface area contributed by atoms with E-state index in [1.54, 1.807) is 18.1 Å². The zero-order chi connectivity index (χ0) is 15.1. The van der Waals surface area contributed by atoms with Gasteiger partial charge in [0.2, 0.25) is 0 Å². The van der Waals surface area contributed by atoms with Gasteiger partial charge in [0.25, 0.3) is 11.6 Å². The molecule has 0 unspecified atom stereocenters. The first kappa shape index (κ1) is 17.1. The van der Waals surface area contributed by atoms with Crippen LogP contribution in [0.25, 0.3) is 0 Å². The first-order chi connectivity index (χ1) is 9.49. The first-order valence-electron chi connectivity index (χ1n) is 5.78. The molecule has 1 rings (SSSR count). The minimum Gasteiger partial charge on any atom is -0.383 e. The topological polar surface area (TPSA) is 72.7 Å². The van der Waals surface area contributed by atoms with E-state index in [0.717, 1.165) is 0 Å². The zero-order valence-electron chi connectivity index (χ0n) is 10.8. The fraction of sp³-hybridized carbons (Fsp3) is 0.417. The van der Waals surface area contributed by atoms with Crippen molar-refractivity contribution in [3.8, 4) is 0 Å². The monoisotopic (exact) mass is 408 g/mol. The van der Waals surface area contributed by atoms with Crippen molar-refractivity contribution in [1.29, 1.82) is 0 Å². The van der Waals surface area contributed by atoms with Gasteiger partial charge in [-0.1, -0.05) is 31.9 Å². The third-order valence-electron chi connectivity index (χ3n) is 2.55. The number of benzene rings is 1. The van der Waals surface area contributed by atoms with Gasteiger partial charge in [-0.05, 0) is 6.07 Å². The van der Waals surface area contributed by atoms with Crippen LogP contribution in [-0.4, -0.2) is 47.9 Å². The van der Waals surface area contributed by atoms with Gasteiger partial charge in [0.1, 0.15) is 0 Å². The van der Waals surface area contributed by atoms with Crippen LogP contribution >= 0.6 is 31.9 Å². The number of nitro benzene ring substituents is 1. The Bertz CT molecular complexity index is 496. The van der Waals surface area contributed by atoms with Gasteiger partial charge in [0.15, 0.2) is 0 Å². The number of alkyl halides is 1. The summed E-state index contributed by atoms with van der Waals surface area (Å²) in [6.07, 6.45) is 0. The van der Waals surface area contributed by atoms with E-state index < -0.39 is 4.92 Å². The van der Waals surface area contributed by atoms with Crippen LogP contribution in [0.15, 0.2) is 22.7 Å². The molecule has 0 radical (unpaired) electrons. The Morgan fingerprint density at radius 1 is 1.40 bits per heavy atom. The molecule has 1 aromatic rings. The molecule has 0 aliphatic carbocycles. The van der Waals surface area contributed by atoms with Crippen LogP contribution in [-0.2, 0) is 4.74 Å². The van der Waals surface area contributed by atoms with Gasteiger partial charge in [-0.15, -0.1) is 0 Å². The maximum absolute atomic E-state index is 12.4. The molecule has 0 heterocycles. The minimum absolute atomic E-state index is 0.117. The van der Waals surface area contributed by atoms with Gasteiger partial charge in [-0.2, -0.15) is 0 Å². The van der Waals surface area contributed by atoms with E-state index in [9.17, 15) is 14.9 Å². The lowest BCUT2D eigenvalue weighted by Gasteiger charge is -2.21. The number of carbonyl (C=O) groups excluding carboxylic acids is 1. The van der Waals surface area contributed by atoms with E-state index in [4.69, 9.17) is 4.74 Å². The van der Waals surface area contributed by atoms with E-state index in [1.807, 2.05) is 0 Å². The molecule has 0 saturated carbocycles. The fourth-order valence-corrected chi connectivity index (χ4v) is 2.51. The summed E-state index contributed by atoms with van der Waals surface area (Å²) in [7, 11) is 1.56. The molecule has 0 aliphatic heterocycles. The molecule has 8 heteroatoms. The molecule has 6 nitrogen and oxygen atoms in total. The molecular weight excluding hydrogens is 396 g/mol. The number of halogens is 2. The summed E-state index contributed by atoms with van der Waals surface area (Å²) >= 11 is 6.46. The zero-order valence-corrected chi connectivity index (χ0v) is 14.0. The number of rotatable bonds is 7. The van der Waals surface area contributed by atoms with Gasteiger partial charge in [0, 0.05) is 47.7 Å². The molecular formula is C12H14Br2N2O4. The Balaban J connectivity index is 3.01. The molecule has 0 spiro atoms. The summed E-state index contributed by atoms with van der Waals surface area (Å²) in [6.45, 7) is 1.35. The van der Waals surface area contributed by atoms with E-state index >= 15 is 0 Å². The highest BCUT2D eigenvalue weighted by molar-refractivity contribution is 9.10. The van der Waals surface area contributed by atoms with Crippen LogP contribution in [0.1, 0.15) is 10.4 Å². The Morgan fingerprint density at radius 3 is 2.65 bits per heavy atom. The van der Waals surface area contributed by atoms with E-state index in [0.29, 0.717) is 29.5 Å². The predicted octanol–water partition coefficient (Wildman–Crippen LogP) is 2.84. The molecule has 0 saturated heterocycles. The van der Waals surface area contributed by atoms with Crippen LogP contribution in [0.3, 0.4) is 0 Å². The summed E-state index contributed by atoms with van der Waals surface area (Å²) in [4.78, 5) is 24.3. The maximum atomic E-state index is 12.4. The fourth-order valence-electron chi connectivity index (χ4n) is 1.60. The van der Waals surface area contributed by atoms with Crippen LogP contribution in [0.5, 0.6) is 0 Å². The number of hydrogen-bond donors (Lipinski definition) is 0. The molecule has 1 amide bonds. The molecule has 1 aromatic carbocycles. The maximum Gasteiger partial charge on any atom is 0.271 e. The molecule has 0 aliphatic rings. The quantitative estimate of drug-likeness (QED) is 0.394. The Morgan fingerprint density at radius 2 is 2.10 bits per heavy atom. The van der Waals surface area contributed by atoms with Gasteiger partial charge >= 0.3 is 0 Å². The largest absolute Gasteiger partial charge is 0.383 e. The first-order valence-corrected chi connectivity index (χ1v) is 7.70. The van der Waals surface area contributed by atoms with Gasteiger partial charge in [0.05, 0.1) is 11.5 Å². The van der Waals surface area contributed by atoms with E-state index in [1.165, 1.54) is 12.1 Å². The van der Waals surface area contributed by atoms with Crippen LogP contribution < -0.4 is 0 Å². The normalized spacial score (nSPS) is 10.3. The summed E-state index contributed by atoms with van der Waals surface area (Å²) < 4.78 is 5.46.